The lowest BCUT2D eigenvalue weighted by atomic mass is 9.85. The topological polar surface area (TPSA) is 56.1 Å². The van der Waals surface area contributed by atoms with E-state index < -0.39 is 0 Å². The second-order valence-corrected chi connectivity index (χ2v) is 6.50. The summed E-state index contributed by atoms with van der Waals surface area (Å²) in [5, 5.41) is 7.82. The van der Waals surface area contributed by atoms with E-state index in [1.54, 1.807) is 10.9 Å². The summed E-state index contributed by atoms with van der Waals surface area (Å²) in [4.78, 5) is 12.5. The number of rotatable bonds is 5. The molecular weight excluding hydrogens is 290 g/mol. The van der Waals surface area contributed by atoms with Crippen LogP contribution < -0.4 is 10.9 Å². The molecule has 1 aliphatic carbocycles. The monoisotopic (exact) mass is 311 g/mol. The Hall–Kier alpha value is -1.07. The Morgan fingerprint density at radius 1 is 1.29 bits per heavy atom. The maximum atomic E-state index is 12.5. The third kappa shape index (κ3) is 3.58. The molecule has 1 aromatic rings. The molecule has 0 radical (unpaired) electrons. The lowest BCUT2D eigenvalue weighted by molar-refractivity contribution is 0.0699. The van der Waals surface area contributed by atoms with Crippen LogP contribution in [0, 0.1) is 11.8 Å². The van der Waals surface area contributed by atoms with Gasteiger partial charge in [-0.25, -0.2) is 4.68 Å². The summed E-state index contributed by atoms with van der Waals surface area (Å²) < 4.78 is 6.91. The van der Waals surface area contributed by atoms with Crippen molar-refractivity contribution in [2.75, 3.05) is 25.1 Å². The SMILES string of the molecule is O=c1c(NCC2CCOCC2)c(Cl)cnn1CC1CCC1. The fraction of sp³-hybridized carbons (Fsp3) is 0.733. The van der Waals surface area contributed by atoms with Crippen LogP contribution in [0.5, 0.6) is 0 Å². The van der Waals surface area contributed by atoms with Crippen molar-refractivity contribution in [2.24, 2.45) is 11.8 Å². The highest BCUT2D eigenvalue weighted by molar-refractivity contribution is 6.32. The van der Waals surface area contributed by atoms with E-state index in [2.05, 4.69) is 10.4 Å². The second-order valence-electron chi connectivity index (χ2n) is 6.09. The first-order chi connectivity index (χ1) is 10.2. The number of hydrogen-bond acceptors (Lipinski definition) is 4. The van der Waals surface area contributed by atoms with Crippen molar-refractivity contribution in [1.29, 1.82) is 0 Å². The fourth-order valence-corrected chi connectivity index (χ4v) is 3.07. The van der Waals surface area contributed by atoms with Gasteiger partial charge in [-0.3, -0.25) is 4.79 Å². The van der Waals surface area contributed by atoms with Gasteiger partial charge in [-0.15, -0.1) is 0 Å². The normalized spacial score (nSPS) is 20.2. The van der Waals surface area contributed by atoms with Crippen LogP contribution in [0.4, 0.5) is 5.69 Å². The number of halogens is 1. The third-order valence-electron chi connectivity index (χ3n) is 4.56. The van der Waals surface area contributed by atoms with Gasteiger partial charge in [-0.2, -0.15) is 5.10 Å². The smallest absolute Gasteiger partial charge is 0.291 e. The first-order valence-electron chi connectivity index (χ1n) is 7.81. The molecule has 116 valence electrons. The number of aromatic nitrogens is 2. The first kappa shape index (κ1) is 14.9. The van der Waals surface area contributed by atoms with Crippen LogP contribution >= 0.6 is 11.6 Å². The zero-order valence-corrected chi connectivity index (χ0v) is 12.9. The Labute approximate surface area is 129 Å². The lowest BCUT2D eigenvalue weighted by Gasteiger charge is -2.26. The van der Waals surface area contributed by atoms with Crippen LogP contribution in [-0.4, -0.2) is 29.5 Å². The largest absolute Gasteiger partial charge is 0.381 e. The molecule has 1 aromatic heterocycles. The van der Waals surface area contributed by atoms with Gasteiger partial charge < -0.3 is 10.1 Å². The second kappa shape index (κ2) is 6.79. The minimum absolute atomic E-state index is 0.0959. The molecule has 1 saturated heterocycles. The van der Waals surface area contributed by atoms with Gasteiger partial charge in [-0.1, -0.05) is 18.0 Å². The number of anilines is 1. The van der Waals surface area contributed by atoms with E-state index >= 15 is 0 Å². The Morgan fingerprint density at radius 3 is 2.71 bits per heavy atom. The Morgan fingerprint density at radius 2 is 2.05 bits per heavy atom. The van der Waals surface area contributed by atoms with Crippen LogP contribution in [0.3, 0.4) is 0 Å². The molecule has 21 heavy (non-hydrogen) atoms. The highest BCUT2D eigenvalue weighted by Gasteiger charge is 2.21. The molecule has 1 N–H and O–H groups in total. The lowest BCUT2D eigenvalue weighted by Crippen LogP contribution is -2.32. The van der Waals surface area contributed by atoms with E-state index in [4.69, 9.17) is 16.3 Å². The molecule has 0 atom stereocenters. The maximum absolute atomic E-state index is 12.5. The quantitative estimate of drug-likeness (QED) is 0.908. The molecule has 2 heterocycles. The first-order valence-corrected chi connectivity index (χ1v) is 8.19. The predicted molar refractivity (Wildman–Crippen MR) is 82.9 cm³/mol. The van der Waals surface area contributed by atoms with Gasteiger partial charge in [0.25, 0.3) is 5.56 Å². The summed E-state index contributed by atoms with van der Waals surface area (Å²) in [5.41, 5.74) is 0.402. The number of ether oxygens (including phenoxy) is 1. The zero-order valence-electron chi connectivity index (χ0n) is 12.2. The van der Waals surface area contributed by atoms with E-state index in [9.17, 15) is 4.79 Å². The highest BCUT2D eigenvalue weighted by Crippen LogP contribution is 2.27. The number of nitrogens with zero attached hydrogens (tertiary/aromatic N) is 2. The van der Waals surface area contributed by atoms with Crippen molar-refractivity contribution in [1.82, 2.24) is 9.78 Å². The molecule has 0 spiro atoms. The average molecular weight is 312 g/mol. The summed E-state index contributed by atoms with van der Waals surface area (Å²) in [7, 11) is 0. The Bertz CT molecular complexity index is 536. The van der Waals surface area contributed by atoms with Crippen LogP contribution in [0.1, 0.15) is 32.1 Å². The molecule has 3 rings (SSSR count). The molecule has 0 amide bonds. The molecular formula is C15H22ClN3O2. The molecule has 6 heteroatoms. The average Bonchev–Trinajstić information content (AvgIpc) is 2.45. The molecule has 0 unspecified atom stereocenters. The van der Waals surface area contributed by atoms with E-state index in [1.807, 2.05) is 0 Å². The van der Waals surface area contributed by atoms with E-state index in [0.29, 0.717) is 29.1 Å². The van der Waals surface area contributed by atoms with Crippen molar-refractivity contribution in [3.05, 3.63) is 21.6 Å². The third-order valence-corrected chi connectivity index (χ3v) is 4.85. The van der Waals surface area contributed by atoms with Gasteiger partial charge in [0.05, 0.1) is 11.2 Å². The van der Waals surface area contributed by atoms with Crippen molar-refractivity contribution < 1.29 is 4.74 Å². The molecule has 1 saturated carbocycles. The maximum Gasteiger partial charge on any atom is 0.291 e. The highest BCUT2D eigenvalue weighted by atomic mass is 35.5. The van der Waals surface area contributed by atoms with Gasteiger partial charge in [0.15, 0.2) is 0 Å². The van der Waals surface area contributed by atoms with Crippen molar-refractivity contribution in [3.63, 3.8) is 0 Å². The Balaban J connectivity index is 1.67. The van der Waals surface area contributed by atoms with Crippen molar-refractivity contribution in [2.45, 2.75) is 38.6 Å². The van der Waals surface area contributed by atoms with Crippen molar-refractivity contribution >= 4 is 17.3 Å². The van der Waals surface area contributed by atoms with Gasteiger partial charge >= 0.3 is 0 Å². The molecule has 0 bridgehead atoms. The van der Waals surface area contributed by atoms with Gasteiger partial charge in [0.2, 0.25) is 0 Å². The summed E-state index contributed by atoms with van der Waals surface area (Å²) in [6, 6.07) is 0. The summed E-state index contributed by atoms with van der Waals surface area (Å²) in [5.74, 6) is 1.14. The minimum Gasteiger partial charge on any atom is -0.381 e. The predicted octanol–water partition coefficient (Wildman–Crippen LogP) is 2.54. The Kier molecular flexibility index (Phi) is 4.80. The van der Waals surface area contributed by atoms with Crippen LogP contribution in [-0.2, 0) is 11.3 Å². The van der Waals surface area contributed by atoms with Crippen molar-refractivity contribution in [3.8, 4) is 0 Å². The molecule has 0 aromatic carbocycles. The van der Waals surface area contributed by atoms with Gasteiger partial charge in [-0.05, 0) is 37.5 Å². The standard InChI is InChI=1S/C15H22ClN3O2/c16-13-9-18-19(10-12-2-1-3-12)15(20)14(13)17-8-11-4-6-21-7-5-11/h9,11-12,17H,1-8,10H2. The minimum atomic E-state index is -0.0959. The van der Waals surface area contributed by atoms with Crippen LogP contribution in [0.2, 0.25) is 5.02 Å². The number of hydrogen-bond donors (Lipinski definition) is 1. The van der Waals surface area contributed by atoms with E-state index in [0.717, 1.165) is 32.6 Å². The molecule has 1 aliphatic heterocycles. The summed E-state index contributed by atoms with van der Waals surface area (Å²) >= 11 is 6.14. The van der Waals surface area contributed by atoms with E-state index in [-0.39, 0.29) is 5.56 Å². The van der Waals surface area contributed by atoms with Crippen LogP contribution in [0.15, 0.2) is 11.0 Å². The van der Waals surface area contributed by atoms with Gasteiger partial charge in [0, 0.05) is 26.3 Å². The van der Waals surface area contributed by atoms with Gasteiger partial charge in [0.1, 0.15) is 5.69 Å². The number of nitrogens with one attached hydrogen (secondary N) is 1. The zero-order chi connectivity index (χ0) is 14.7. The fourth-order valence-electron chi connectivity index (χ4n) is 2.88. The summed E-state index contributed by atoms with van der Waals surface area (Å²) in [6.45, 7) is 3.10. The summed E-state index contributed by atoms with van der Waals surface area (Å²) in [6.07, 6.45) is 7.30. The molecule has 2 fully saturated rings. The van der Waals surface area contributed by atoms with Crippen LogP contribution in [0.25, 0.3) is 0 Å². The molecule has 5 nitrogen and oxygen atoms in total. The van der Waals surface area contributed by atoms with E-state index in [1.165, 1.54) is 19.3 Å². The molecule has 2 aliphatic rings.